The average molecular weight is 142 g/mol. The fourth-order valence-corrected chi connectivity index (χ4v) is 1.09. The second-order valence-electron chi connectivity index (χ2n) is 3.03. The fourth-order valence-electron chi connectivity index (χ4n) is 1.09. The lowest BCUT2D eigenvalue weighted by Crippen LogP contribution is -2.21. The Hall–Kier alpha value is -0.0800. The molecule has 0 N–H and O–H groups in total. The Morgan fingerprint density at radius 3 is 2.70 bits per heavy atom. The van der Waals surface area contributed by atoms with Crippen LogP contribution in [0.15, 0.2) is 0 Å². The van der Waals surface area contributed by atoms with Crippen LogP contribution in [0.2, 0.25) is 0 Å². The van der Waals surface area contributed by atoms with Crippen LogP contribution in [-0.2, 0) is 9.47 Å². The van der Waals surface area contributed by atoms with Crippen LogP contribution in [-0.4, -0.2) is 18.5 Å². The van der Waals surface area contributed by atoms with E-state index in [4.69, 9.17) is 16.4 Å². The summed E-state index contributed by atoms with van der Waals surface area (Å²) >= 11 is 0. The van der Waals surface area contributed by atoms with Crippen molar-refractivity contribution in [3.63, 3.8) is 0 Å². The van der Waals surface area contributed by atoms with Crippen molar-refractivity contribution in [3.8, 4) is 0 Å². The lowest BCUT2D eigenvalue weighted by atomic mass is 10.2. The molecule has 0 aromatic rings. The van der Waals surface area contributed by atoms with Gasteiger partial charge in [-0.3, -0.25) is 0 Å². The van der Waals surface area contributed by atoms with E-state index >= 15 is 0 Å². The van der Waals surface area contributed by atoms with Gasteiger partial charge in [0.05, 0.1) is 12.7 Å². The second kappa shape index (κ2) is 2.89. The van der Waals surface area contributed by atoms with Crippen molar-refractivity contribution in [3.05, 3.63) is 6.92 Å². The molecule has 2 nitrogen and oxygen atoms in total. The lowest BCUT2D eigenvalue weighted by Gasteiger charge is -2.16. The molecule has 1 atom stereocenters. The first-order valence-corrected chi connectivity index (χ1v) is 3.66. The molecule has 0 aromatic carbocycles. The van der Waals surface area contributed by atoms with Crippen molar-refractivity contribution in [2.24, 2.45) is 0 Å². The van der Waals surface area contributed by atoms with Gasteiger partial charge >= 0.3 is 0 Å². The summed E-state index contributed by atoms with van der Waals surface area (Å²) in [6.45, 7) is 9.89. The van der Waals surface area contributed by atoms with Gasteiger partial charge in [0.2, 0.25) is 0 Å². The van der Waals surface area contributed by atoms with Gasteiger partial charge in [-0.25, -0.2) is 0 Å². The van der Waals surface area contributed by atoms with E-state index in [0.717, 1.165) is 6.42 Å². The van der Waals surface area contributed by atoms with Gasteiger partial charge in [-0.1, -0.05) is 0 Å². The van der Waals surface area contributed by atoms with Gasteiger partial charge in [0.15, 0.2) is 5.79 Å². The van der Waals surface area contributed by atoms with Gasteiger partial charge in [0.25, 0.3) is 0 Å². The number of ether oxygens (including phenoxy) is 2. The van der Waals surface area contributed by atoms with Crippen LogP contribution in [0.4, 0.5) is 0 Å². The highest BCUT2D eigenvalue weighted by atomic mass is 16.7. The van der Waals surface area contributed by atoms with Gasteiger partial charge in [0.1, 0.15) is 0 Å². The molecule has 1 unspecified atom stereocenters. The van der Waals surface area contributed by atoms with E-state index in [1.54, 1.807) is 0 Å². The maximum atomic E-state index is 5.49. The molecule has 58 valence electrons. The van der Waals surface area contributed by atoms with Gasteiger partial charge < -0.3 is 9.47 Å². The molecule has 10 heavy (non-hydrogen) atoms. The molecule has 0 aliphatic carbocycles. The van der Waals surface area contributed by atoms with Gasteiger partial charge in [-0.2, -0.15) is 0 Å². The summed E-state index contributed by atoms with van der Waals surface area (Å²) in [6, 6.07) is 0. The number of rotatable bonds is 2. The van der Waals surface area contributed by atoms with Crippen molar-refractivity contribution >= 4 is 0 Å². The first kappa shape index (κ1) is 8.02. The monoisotopic (exact) mass is 142 g/mol. The molecule has 1 saturated heterocycles. The largest absolute Gasteiger partial charge is 0.348 e. The minimum atomic E-state index is -0.389. The van der Waals surface area contributed by atoms with Crippen molar-refractivity contribution < 1.29 is 9.47 Å². The van der Waals surface area contributed by atoms with E-state index in [1.165, 1.54) is 0 Å². The molecule has 2 heteroatoms. The van der Waals surface area contributed by atoms with Crippen LogP contribution in [0.25, 0.3) is 0 Å². The molecule has 0 saturated carbocycles. The molecule has 1 aliphatic rings. The topological polar surface area (TPSA) is 18.5 Å². The fraction of sp³-hybridized carbons (Fsp3) is 0.875. The summed E-state index contributed by atoms with van der Waals surface area (Å²) < 4.78 is 10.8. The SMILES string of the molecule is [CH]CCC1COC(C)(C)O1. The third kappa shape index (κ3) is 1.96. The van der Waals surface area contributed by atoms with Crippen molar-refractivity contribution in [1.29, 1.82) is 0 Å². The summed E-state index contributed by atoms with van der Waals surface area (Å²) in [5.41, 5.74) is 0. The van der Waals surface area contributed by atoms with E-state index < -0.39 is 0 Å². The summed E-state index contributed by atoms with van der Waals surface area (Å²) in [5, 5.41) is 0. The third-order valence-corrected chi connectivity index (χ3v) is 1.56. The number of hydrogen-bond donors (Lipinski definition) is 0. The molecule has 0 amide bonds. The quantitative estimate of drug-likeness (QED) is 0.583. The number of hydrogen-bond acceptors (Lipinski definition) is 2. The van der Waals surface area contributed by atoms with Crippen LogP contribution >= 0.6 is 0 Å². The highest BCUT2D eigenvalue weighted by molar-refractivity contribution is 4.70. The Morgan fingerprint density at radius 1 is 1.60 bits per heavy atom. The van der Waals surface area contributed by atoms with Gasteiger partial charge in [-0.05, 0) is 33.6 Å². The highest BCUT2D eigenvalue weighted by Gasteiger charge is 2.31. The molecule has 0 bridgehead atoms. The molecule has 1 aliphatic heterocycles. The lowest BCUT2D eigenvalue weighted by molar-refractivity contribution is -0.138. The minimum absolute atomic E-state index is 0.208. The third-order valence-electron chi connectivity index (χ3n) is 1.56. The Kier molecular flexibility index (Phi) is 2.32. The van der Waals surface area contributed by atoms with Crippen molar-refractivity contribution in [2.45, 2.75) is 38.6 Å². The van der Waals surface area contributed by atoms with Gasteiger partial charge in [0, 0.05) is 0 Å². The van der Waals surface area contributed by atoms with E-state index in [0.29, 0.717) is 13.0 Å². The zero-order valence-corrected chi connectivity index (χ0v) is 6.59. The van der Waals surface area contributed by atoms with Crippen molar-refractivity contribution in [2.75, 3.05) is 6.61 Å². The Morgan fingerprint density at radius 2 is 2.30 bits per heavy atom. The average Bonchev–Trinajstić information content (AvgIpc) is 2.12. The zero-order chi connectivity index (χ0) is 7.61. The summed E-state index contributed by atoms with van der Waals surface area (Å²) in [4.78, 5) is 0. The van der Waals surface area contributed by atoms with E-state index in [2.05, 4.69) is 0 Å². The van der Waals surface area contributed by atoms with Crippen molar-refractivity contribution in [1.82, 2.24) is 0 Å². The second-order valence-corrected chi connectivity index (χ2v) is 3.03. The van der Waals surface area contributed by atoms with Crippen LogP contribution < -0.4 is 0 Å². The van der Waals surface area contributed by atoms with E-state index in [9.17, 15) is 0 Å². The summed E-state index contributed by atoms with van der Waals surface area (Å²) in [7, 11) is 0. The molecule has 2 radical (unpaired) electrons. The molecule has 1 heterocycles. The Bertz CT molecular complexity index is 110. The molecular formula is C8H14O2. The normalized spacial score (nSPS) is 30.9. The van der Waals surface area contributed by atoms with Crippen LogP contribution in [0.1, 0.15) is 26.7 Å². The zero-order valence-electron chi connectivity index (χ0n) is 6.59. The Labute approximate surface area is 62.5 Å². The summed E-state index contributed by atoms with van der Waals surface area (Å²) in [5.74, 6) is -0.389. The smallest absolute Gasteiger partial charge is 0.163 e. The van der Waals surface area contributed by atoms with Crippen LogP contribution in [0.3, 0.4) is 0 Å². The Balaban J connectivity index is 2.29. The maximum Gasteiger partial charge on any atom is 0.163 e. The predicted octanol–water partition coefficient (Wildman–Crippen LogP) is 1.63. The highest BCUT2D eigenvalue weighted by Crippen LogP contribution is 2.24. The predicted molar refractivity (Wildman–Crippen MR) is 38.4 cm³/mol. The van der Waals surface area contributed by atoms with Gasteiger partial charge in [-0.15, -0.1) is 0 Å². The molecule has 1 fully saturated rings. The molecular weight excluding hydrogens is 128 g/mol. The molecule has 0 aromatic heterocycles. The first-order chi connectivity index (χ1) is 4.64. The molecule has 0 spiro atoms. The van der Waals surface area contributed by atoms with Crippen LogP contribution in [0, 0.1) is 6.92 Å². The standard InChI is InChI=1S/C8H14O2/c1-4-5-7-6-9-8(2,3)10-7/h1,7H,4-6H2,2-3H3. The van der Waals surface area contributed by atoms with E-state index in [1.807, 2.05) is 13.8 Å². The maximum absolute atomic E-state index is 5.49. The molecule has 1 rings (SSSR count). The van der Waals surface area contributed by atoms with E-state index in [-0.39, 0.29) is 11.9 Å². The van der Waals surface area contributed by atoms with Crippen LogP contribution in [0.5, 0.6) is 0 Å². The summed E-state index contributed by atoms with van der Waals surface area (Å²) in [6.07, 6.45) is 1.77. The minimum Gasteiger partial charge on any atom is -0.348 e. The first-order valence-electron chi connectivity index (χ1n) is 3.66.